The summed E-state index contributed by atoms with van der Waals surface area (Å²) in [4.78, 5) is 11.2. The molecule has 0 bridgehead atoms. The summed E-state index contributed by atoms with van der Waals surface area (Å²) < 4.78 is 6.07. The smallest absolute Gasteiger partial charge is 0.327 e. The van der Waals surface area contributed by atoms with Gasteiger partial charge in [0.2, 0.25) is 0 Å². The van der Waals surface area contributed by atoms with Gasteiger partial charge in [0.15, 0.2) is 0 Å². The van der Waals surface area contributed by atoms with Crippen molar-refractivity contribution in [2.75, 3.05) is 6.61 Å². The number of carbonyl (C=O) groups excluding carboxylic acids is 1. The van der Waals surface area contributed by atoms with Gasteiger partial charge >= 0.3 is 5.97 Å². The molecule has 0 aromatic carbocycles. The quantitative estimate of drug-likeness (QED) is 0.374. The van der Waals surface area contributed by atoms with Crippen molar-refractivity contribution in [3.8, 4) is 0 Å². The second-order valence-electron chi connectivity index (χ2n) is 3.00. The summed E-state index contributed by atoms with van der Waals surface area (Å²) in [6, 6.07) is 0. The summed E-state index contributed by atoms with van der Waals surface area (Å²) >= 11 is 5.94. The van der Waals surface area contributed by atoms with E-state index in [1.165, 1.54) is 10.9 Å². The zero-order chi connectivity index (χ0) is 12.1. The second kappa shape index (κ2) is 5.50. The zero-order valence-electron chi connectivity index (χ0n) is 8.97. The minimum Gasteiger partial charge on any atom is -0.465 e. The van der Waals surface area contributed by atoms with Crippen molar-refractivity contribution in [2.24, 2.45) is 5.16 Å². The predicted octanol–water partition coefficient (Wildman–Crippen LogP) is 1.22. The zero-order valence-corrected chi connectivity index (χ0v) is 9.73. The van der Waals surface area contributed by atoms with Crippen molar-refractivity contribution in [1.82, 2.24) is 9.78 Å². The minimum absolute atomic E-state index is 0.0627. The van der Waals surface area contributed by atoms with Crippen molar-refractivity contribution in [2.45, 2.75) is 20.4 Å². The molecule has 0 aliphatic carbocycles. The molecule has 1 aromatic rings. The molecule has 0 atom stereocenters. The molecule has 0 radical (unpaired) electrons. The summed E-state index contributed by atoms with van der Waals surface area (Å²) in [6.45, 7) is 3.66. The van der Waals surface area contributed by atoms with Crippen LogP contribution in [0.3, 0.4) is 0 Å². The molecule has 0 unspecified atom stereocenters. The van der Waals surface area contributed by atoms with Gasteiger partial charge < -0.3 is 9.94 Å². The molecule has 7 heteroatoms. The topological polar surface area (TPSA) is 76.7 Å². The Morgan fingerprint density at radius 1 is 1.75 bits per heavy atom. The number of ether oxygens (including phenoxy) is 1. The number of carbonyl (C=O) groups is 1. The molecule has 6 nitrogen and oxygen atoms in total. The van der Waals surface area contributed by atoms with Crippen LogP contribution in [0.4, 0.5) is 0 Å². The number of aryl methyl sites for hydroxylation is 1. The van der Waals surface area contributed by atoms with Crippen LogP contribution in [0.2, 0.25) is 5.15 Å². The molecule has 88 valence electrons. The Morgan fingerprint density at radius 2 is 2.44 bits per heavy atom. The lowest BCUT2D eigenvalue weighted by Crippen LogP contribution is -2.14. The maximum Gasteiger partial charge on any atom is 0.327 e. The van der Waals surface area contributed by atoms with Gasteiger partial charge in [-0.25, -0.2) is 4.68 Å². The summed E-state index contributed by atoms with van der Waals surface area (Å²) in [6.07, 6.45) is 1.17. The van der Waals surface area contributed by atoms with Gasteiger partial charge in [0, 0.05) is 0 Å². The van der Waals surface area contributed by atoms with E-state index in [1.54, 1.807) is 13.8 Å². The van der Waals surface area contributed by atoms with E-state index in [4.69, 9.17) is 21.5 Å². The molecular weight excluding hydrogens is 234 g/mol. The molecule has 0 amide bonds. The number of halogens is 1. The Bertz CT molecular complexity index is 414. The molecule has 0 saturated carbocycles. The van der Waals surface area contributed by atoms with Crippen molar-refractivity contribution in [1.29, 1.82) is 0 Å². The van der Waals surface area contributed by atoms with Crippen molar-refractivity contribution in [3.05, 3.63) is 16.4 Å². The molecule has 0 spiro atoms. The number of hydrogen-bond acceptors (Lipinski definition) is 5. The van der Waals surface area contributed by atoms with Crippen molar-refractivity contribution in [3.63, 3.8) is 0 Å². The number of rotatable bonds is 4. The Kier molecular flexibility index (Phi) is 4.30. The summed E-state index contributed by atoms with van der Waals surface area (Å²) in [5, 5.41) is 15.6. The largest absolute Gasteiger partial charge is 0.465 e. The van der Waals surface area contributed by atoms with Crippen LogP contribution in [0, 0.1) is 6.92 Å². The Morgan fingerprint density at radius 3 is 3.00 bits per heavy atom. The molecule has 16 heavy (non-hydrogen) atoms. The highest BCUT2D eigenvalue weighted by atomic mass is 35.5. The van der Waals surface area contributed by atoms with E-state index in [-0.39, 0.29) is 11.7 Å². The van der Waals surface area contributed by atoms with Crippen LogP contribution in [0.25, 0.3) is 0 Å². The lowest BCUT2D eigenvalue weighted by molar-refractivity contribution is -0.144. The Balaban J connectivity index is 2.90. The third kappa shape index (κ3) is 2.73. The lowest BCUT2D eigenvalue weighted by Gasteiger charge is -2.02. The van der Waals surface area contributed by atoms with Crippen LogP contribution >= 0.6 is 11.6 Å². The van der Waals surface area contributed by atoms with Gasteiger partial charge in [-0.15, -0.1) is 0 Å². The van der Waals surface area contributed by atoms with Crippen LogP contribution in [-0.2, 0) is 16.1 Å². The van der Waals surface area contributed by atoms with E-state index < -0.39 is 5.97 Å². The lowest BCUT2D eigenvalue weighted by atomic mass is 10.3. The van der Waals surface area contributed by atoms with E-state index >= 15 is 0 Å². The second-order valence-corrected chi connectivity index (χ2v) is 3.36. The number of oxime groups is 1. The summed E-state index contributed by atoms with van der Waals surface area (Å²) in [7, 11) is 0. The first-order chi connectivity index (χ1) is 7.60. The molecule has 0 saturated heterocycles. The van der Waals surface area contributed by atoms with Crippen molar-refractivity contribution >= 4 is 23.8 Å². The van der Waals surface area contributed by atoms with Gasteiger partial charge in [0.05, 0.1) is 24.1 Å². The van der Waals surface area contributed by atoms with E-state index in [9.17, 15) is 4.79 Å². The molecule has 0 aliphatic heterocycles. The fourth-order valence-corrected chi connectivity index (χ4v) is 1.49. The van der Waals surface area contributed by atoms with Crippen LogP contribution in [0.15, 0.2) is 5.16 Å². The fourth-order valence-electron chi connectivity index (χ4n) is 1.21. The molecule has 0 aliphatic rings. The van der Waals surface area contributed by atoms with Gasteiger partial charge in [-0.1, -0.05) is 16.8 Å². The van der Waals surface area contributed by atoms with Gasteiger partial charge in [-0.3, -0.25) is 4.79 Å². The highest BCUT2D eigenvalue weighted by molar-refractivity contribution is 6.32. The van der Waals surface area contributed by atoms with E-state index in [0.29, 0.717) is 17.9 Å². The normalized spacial score (nSPS) is 10.9. The van der Waals surface area contributed by atoms with Gasteiger partial charge in [-0.2, -0.15) is 5.10 Å². The van der Waals surface area contributed by atoms with Crippen molar-refractivity contribution < 1.29 is 14.7 Å². The molecule has 1 rings (SSSR count). The van der Waals surface area contributed by atoms with Gasteiger partial charge in [0.1, 0.15) is 11.7 Å². The van der Waals surface area contributed by atoms with Crippen LogP contribution < -0.4 is 0 Å². The predicted molar refractivity (Wildman–Crippen MR) is 58.0 cm³/mol. The maximum atomic E-state index is 11.2. The maximum absolute atomic E-state index is 11.2. The molecule has 1 heterocycles. The highest BCUT2D eigenvalue weighted by Gasteiger charge is 2.14. The fraction of sp³-hybridized carbons (Fsp3) is 0.444. The van der Waals surface area contributed by atoms with Gasteiger partial charge in [-0.05, 0) is 13.8 Å². The first-order valence-electron chi connectivity index (χ1n) is 4.66. The molecular formula is C9H12ClN3O3. The SMILES string of the molecule is CCOC(=O)Cn1nc(C)c(/C=N/O)c1Cl. The van der Waals surface area contributed by atoms with Crippen LogP contribution in [-0.4, -0.2) is 33.8 Å². The molecule has 0 fully saturated rings. The van der Waals surface area contributed by atoms with Crippen LogP contribution in [0.5, 0.6) is 0 Å². The third-order valence-corrected chi connectivity index (χ3v) is 2.28. The average molecular weight is 246 g/mol. The number of aromatic nitrogens is 2. The monoisotopic (exact) mass is 245 g/mol. The first kappa shape index (κ1) is 12.5. The standard InChI is InChI=1S/C9H12ClN3O3/c1-3-16-8(14)5-13-9(10)7(4-11-15)6(2)12-13/h4,15H,3,5H2,1-2H3/b11-4+. The molecule has 1 N–H and O–H groups in total. The Hall–Kier alpha value is -1.56. The average Bonchev–Trinajstić information content (AvgIpc) is 2.47. The van der Waals surface area contributed by atoms with E-state index in [2.05, 4.69) is 10.3 Å². The number of nitrogens with zero attached hydrogens (tertiary/aromatic N) is 3. The first-order valence-corrected chi connectivity index (χ1v) is 5.03. The van der Waals surface area contributed by atoms with Crippen LogP contribution in [0.1, 0.15) is 18.2 Å². The van der Waals surface area contributed by atoms with Gasteiger partial charge in [0.25, 0.3) is 0 Å². The minimum atomic E-state index is -0.417. The summed E-state index contributed by atoms with van der Waals surface area (Å²) in [5.41, 5.74) is 1.06. The highest BCUT2D eigenvalue weighted by Crippen LogP contribution is 2.17. The summed E-state index contributed by atoms with van der Waals surface area (Å²) in [5.74, 6) is -0.417. The third-order valence-electron chi connectivity index (χ3n) is 1.88. The number of hydrogen-bond donors (Lipinski definition) is 1. The number of esters is 1. The Labute approximate surface area is 97.5 Å². The van der Waals surface area contributed by atoms with E-state index in [1.807, 2.05) is 0 Å². The van der Waals surface area contributed by atoms with E-state index in [0.717, 1.165) is 0 Å². The molecule has 1 aromatic heterocycles.